The van der Waals surface area contributed by atoms with Crippen LogP contribution in [0.1, 0.15) is 30.9 Å². The van der Waals surface area contributed by atoms with Gasteiger partial charge in [-0.3, -0.25) is 4.79 Å². The second-order valence-electron chi connectivity index (χ2n) is 8.63. The van der Waals surface area contributed by atoms with E-state index >= 15 is 0 Å². The van der Waals surface area contributed by atoms with Gasteiger partial charge in [0.15, 0.2) is 0 Å². The first-order valence-corrected chi connectivity index (χ1v) is 11.5. The Hall–Kier alpha value is -2.67. The molecule has 0 radical (unpaired) electrons. The summed E-state index contributed by atoms with van der Waals surface area (Å²) in [4.78, 5) is 28.8. The second kappa shape index (κ2) is 10.1. The molecule has 1 aromatic carbocycles. The third kappa shape index (κ3) is 5.53. The van der Waals surface area contributed by atoms with Gasteiger partial charge >= 0.3 is 0 Å². The molecule has 1 N–H and O–H groups in total. The van der Waals surface area contributed by atoms with Crippen molar-refractivity contribution in [2.24, 2.45) is 5.92 Å². The summed E-state index contributed by atoms with van der Waals surface area (Å²) in [6, 6.07) is 8.31. The van der Waals surface area contributed by atoms with E-state index in [1.165, 1.54) is 5.56 Å². The van der Waals surface area contributed by atoms with E-state index in [9.17, 15) is 4.79 Å². The Bertz CT molecular complexity index is 837. The fraction of sp³-hybridized carbons (Fsp3) is 0.542. The van der Waals surface area contributed by atoms with Crippen molar-refractivity contribution in [1.82, 2.24) is 20.2 Å². The number of nitrogens with one attached hydrogen (secondary N) is 1. The maximum absolute atomic E-state index is 12.6. The van der Waals surface area contributed by atoms with Crippen molar-refractivity contribution < 1.29 is 4.79 Å². The fourth-order valence-electron chi connectivity index (χ4n) is 4.34. The summed E-state index contributed by atoms with van der Waals surface area (Å²) in [6.07, 6.45) is 5.60. The Morgan fingerprint density at radius 3 is 2.23 bits per heavy atom. The summed E-state index contributed by atoms with van der Waals surface area (Å²) in [5, 5.41) is 3.10. The van der Waals surface area contributed by atoms with Gasteiger partial charge in [0.1, 0.15) is 0 Å². The molecule has 7 nitrogen and oxygen atoms in total. The number of carbonyl (C=O) groups excluding carboxylic acids is 1. The monoisotopic (exact) mass is 422 g/mol. The molecule has 0 aliphatic carbocycles. The SMILES string of the molecule is CCN1CCN(c2ncc(N3CCC(C(=O)NCc4ccc(C)cc4)CC3)cn2)CC1. The van der Waals surface area contributed by atoms with Gasteiger partial charge in [0.05, 0.1) is 18.1 Å². The van der Waals surface area contributed by atoms with Gasteiger partial charge in [-0.25, -0.2) is 9.97 Å². The van der Waals surface area contributed by atoms with Crippen LogP contribution in [0.5, 0.6) is 0 Å². The van der Waals surface area contributed by atoms with E-state index in [1.54, 1.807) is 0 Å². The molecule has 3 heterocycles. The number of hydrogen-bond donors (Lipinski definition) is 1. The van der Waals surface area contributed by atoms with Gasteiger partial charge in [-0.2, -0.15) is 0 Å². The van der Waals surface area contributed by atoms with E-state index in [-0.39, 0.29) is 11.8 Å². The smallest absolute Gasteiger partial charge is 0.225 e. The molecule has 4 rings (SSSR count). The minimum absolute atomic E-state index is 0.0803. The van der Waals surface area contributed by atoms with Gasteiger partial charge < -0.3 is 20.0 Å². The van der Waals surface area contributed by atoms with Crippen molar-refractivity contribution in [2.75, 3.05) is 55.6 Å². The lowest BCUT2D eigenvalue weighted by Gasteiger charge is -2.35. The number of carbonyl (C=O) groups is 1. The molecular formula is C24H34N6O. The van der Waals surface area contributed by atoms with E-state index in [1.807, 2.05) is 12.4 Å². The standard InChI is InChI=1S/C24H34N6O/c1-3-28-12-14-30(15-13-28)24-26-17-22(18-27-24)29-10-8-21(9-11-29)23(31)25-16-20-6-4-19(2)5-7-20/h4-7,17-18,21H,3,8-16H2,1-2H3,(H,25,31). The van der Waals surface area contributed by atoms with Gasteiger partial charge in [0.25, 0.3) is 0 Å². The molecular weight excluding hydrogens is 388 g/mol. The molecule has 1 aromatic heterocycles. The third-order valence-corrected chi connectivity index (χ3v) is 6.55. The number of rotatable bonds is 6. The Morgan fingerprint density at radius 1 is 0.968 bits per heavy atom. The maximum Gasteiger partial charge on any atom is 0.225 e. The molecule has 0 bridgehead atoms. The number of hydrogen-bond acceptors (Lipinski definition) is 6. The Balaban J connectivity index is 1.24. The highest BCUT2D eigenvalue weighted by Crippen LogP contribution is 2.23. The van der Waals surface area contributed by atoms with Crippen LogP contribution >= 0.6 is 0 Å². The highest BCUT2D eigenvalue weighted by atomic mass is 16.1. The number of nitrogens with zero attached hydrogens (tertiary/aromatic N) is 5. The van der Waals surface area contributed by atoms with Crippen LogP contribution in [0.25, 0.3) is 0 Å². The van der Waals surface area contributed by atoms with Crippen LogP contribution in [0.3, 0.4) is 0 Å². The largest absolute Gasteiger partial charge is 0.369 e. The van der Waals surface area contributed by atoms with Crippen LogP contribution in [-0.4, -0.2) is 66.6 Å². The van der Waals surface area contributed by atoms with E-state index in [0.717, 1.165) is 75.9 Å². The molecule has 0 spiro atoms. The minimum atomic E-state index is 0.0803. The number of amides is 1. The van der Waals surface area contributed by atoms with Crippen molar-refractivity contribution in [2.45, 2.75) is 33.2 Å². The van der Waals surface area contributed by atoms with Crippen molar-refractivity contribution in [3.63, 3.8) is 0 Å². The molecule has 0 atom stereocenters. The van der Waals surface area contributed by atoms with Crippen LogP contribution in [0.2, 0.25) is 0 Å². The van der Waals surface area contributed by atoms with E-state index in [4.69, 9.17) is 0 Å². The molecule has 0 saturated carbocycles. The van der Waals surface area contributed by atoms with E-state index in [2.05, 4.69) is 68.1 Å². The summed E-state index contributed by atoms with van der Waals surface area (Å²) in [5.74, 6) is 1.07. The lowest BCUT2D eigenvalue weighted by atomic mass is 9.95. The van der Waals surface area contributed by atoms with Crippen molar-refractivity contribution >= 4 is 17.5 Å². The second-order valence-corrected chi connectivity index (χ2v) is 8.63. The van der Waals surface area contributed by atoms with Gasteiger partial charge in [0.2, 0.25) is 11.9 Å². The number of anilines is 2. The van der Waals surface area contributed by atoms with Gasteiger partial charge in [-0.05, 0) is 31.9 Å². The summed E-state index contributed by atoms with van der Waals surface area (Å²) < 4.78 is 0. The van der Waals surface area contributed by atoms with E-state index in [0.29, 0.717) is 6.54 Å². The first-order valence-electron chi connectivity index (χ1n) is 11.5. The predicted octanol–water partition coefficient (Wildman–Crippen LogP) is 2.46. The molecule has 31 heavy (non-hydrogen) atoms. The number of likely N-dealkylation sites (N-methyl/N-ethyl adjacent to an activating group) is 1. The van der Waals surface area contributed by atoms with Crippen LogP contribution in [0, 0.1) is 12.8 Å². The molecule has 2 aliphatic heterocycles. The lowest BCUT2D eigenvalue weighted by molar-refractivity contribution is -0.125. The fourth-order valence-corrected chi connectivity index (χ4v) is 4.34. The zero-order chi connectivity index (χ0) is 21.6. The average molecular weight is 423 g/mol. The highest BCUT2D eigenvalue weighted by Gasteiger charge is 2.25. The zero-order valence-corrected chi connectivity index (χ0v) is 18.8. The molecule has 7 heteroatoms. The van der Waals surface area contributed by atoms with Crippen LogP contribution < -0.4 is 15.1 Å². The Morgan fingerprint density at radius 2 is 1.61 bits per heavy atom. The first-order chi connectivity index (χ1) is 15.1. The summed E-state index contributed by atoms with van der Waals surface area (Å²) >= 11 is 0. The average Bonchev–Trinajstić information content (AvgIpc) is 2.84. The van der Waals surface area contributed by atoms with Crippen LogP contribution in [0.15, 0.2) is 36.7 Å². The summed E-state index contributed by atoms with van der Waals surface area (Å²) in [7, 11) is 0. The number of piperazine rings is 1. The predicted molar refractivity (Wildman–Crippen MR) is 124 cm³/mol. The van der Waals surface area contributed by atoms with Crippen LogP contribution in [0.4, 0.5) is 11.6 Å². The van der Waals surface area contributed by atoms with Crippen molar-refractivity contribution in [3.05, 3.63) is 47.8 Å². The van der Waals surface area contributed by atoms with Crippen LogP contribution in [-0.2, 0) is 11.3 Å². The highest BCUT2D eigenvalue weighted by molar-refractivity contribution is 5.79. The number of aromatic nitrogens is 2. The molecule has 2 fully saturated rings. The quantitative estimate of drug-likeness (QED) is 0.772. The zero-order valence-electron chi connectivity index (χ0n) is 18.8. The third-order valence-electron chi connectivity index (χ3n) is 6.55. The number of aryl methyl sites for hydroxylation is 1. The van der Waals surface area contributed by atoms with Gasteiger partial charge in [0, 0.05) is 51.7 Å². The number of benzene rings is 1. The summed E-state index contributed by atoms with van der Waals surface area (Å²) in [6.45, 7) is 11.8. The Kier molecular flexibility index (Phi) is 7.02. The topological polar surface area (TPSA) is 64.6 Å². The number of piperidine rings is 1. The van der Waals surface area contributed by atoms with Gasteiger partial charge in [-0.15, -0.1) is 0 Å². The minimum Gasteiger partial charge on any atom is -0.369 e. The molecule has 2 aliphatic rings. The molecule has 166 valence electrons. The summed E-state index contributed by atoms with van der Waals surface area (Å²) in [5.41, 5.74) is 3.43. The molecule has 0 unspecified atom stereocenters. The molecule has 1 amide bonds. The lowest BCUT2D eigenvalue weighted by Crippen LogP contribution is -2.46. The Labute approximate surface area is 185 Å². The van der Waals surface area contributed by atoms with Gasteiger partial charge in [-0.1, -0.05) is 36.8 Å². The van der Waals surface area contributed by atoms with E-state index < -0.39 is 0 Å². The van der Waals surface area contributed by atoms with Crippen molar-refractivity contribution in [3.8, 4) is 0 Å². The normalized spacial score (nSPS) is 18.3. The van der Waals surface area contributed by atoms with Crippen molar-refractivity contribution in [1.29, 1.82) is 0 Å². The maximum atomic E-state index is 12.6. The first kappa shape index (κ1) is 21.6. The molecule has 2 saturated heterocycles. The molecule has 2 aromatic rings.